The van der Waals surface area contributed by atoms with E-state index in [1.54, 1.807) is 0 Å². The Hall–Kier alpha value is -0.180. The van der Waals surface area contributed by atoms with Gasteiger partial charge in [-0.1, -0.05) is 0 Å². The average Bonchev–Trinajstić information content (AvgIpc) is 2.43. The topological polar surface area (TPSA) is 12.5 Å². The zero-order valence-corrected chi connectivity index (χ0v) is 4.94. The summed E-state index contributed by atoms with van der Waals surface area (Å²) in [6.07, 6.45) is 0.655. The van der Waals surface area contributed by atoms with E-state index < -0.39 is 12.0 Å². The lowest BCUT2D eigenvalue weighted by Gasteiger charge is -2.16. The second-order valence-electron chi connectivity index (χ2n) is 2.75. The van der Waals surface area contributed by atoms with Gasteiger partial charge in [-0.05, 0) is 12.8 Å². The van der Waals surface area contributed by atoms with E-state index in [9.17, 15) is 8.78 Å². The van der Waals surface area contributed by atoms with Crippen LogP contribution >= 0.6 is 0 Å². The van der Waals surface area contributed by atoms with Crippen molar-refractivity contribution in [1.29, 1.82) is 0 Å². The average molecular weight is 134 g/mol. The van der Waals surface area contributed by atoms with Gasteiger partial charge in [0.05, 0.1) is 6.10 Å². The molecule has 0 aromatic carbocycles. The van der Waals surface area contributed by atoms with Crippen molar-refractivity contribution in [3.05, 3.63) is 0 Å². The van der Waals surface area contributed by atoms with Crippen LogP contribution in [0.1, 0.15) is 19.3 Å². The predicted molar refractivity (Wildman–Crippen MR) is 27.5 cm³/mol. The van der Waals surface area contributed by atoms with E-state index in [4.69, 9.17) is 4.74 Å². The number of halogens is 2. The Kier molecular flexibility index (Phi) is 0.903. The molecule has 0 spiro atoms. The molecule has 0 bridgehead atoms. The van der Waals surface area contributed by atoms with Gasteiger partial charge in [-0.25, -0.2) is 8.78 Å². The molecule has 1 aliphatic carbocycles. The van der Waals surface area contributed by atoms with Crippen LogP contribution in [0.4, 0.5) is 8.78 Å². The SMILES string of the molecule is FC1(F)CCC[C@@H]2O[C@H]21. The van der Waals surface area contributed by atoms with Crippen molar-refractivity contribution < 1.29 is 13.5 Å². The first kappa shape index (κ1) is 5.59. The van der Waals surface area contributed by atoms with Crippen molar-refractivity contribution in [3.8, 4) is 0 Å². The minimum atomic E-state index is -2.51. The van der Waals surface area contributed by atoms with Gasteiger partial charge in [-0.2, -0.15) is 0 Å². The van der Waals surface area contributed by atoms with Crippen LogP contribution < -0.4 is 0 Å². The lowest BCUT2D eigenvalue weighted by molar-refractivity contribution is -0.0384. The van der Waals surface area contributed by atoms with Crippen LogP contribution in [0, 0.1) is 0 Å². The third kappa shape index (κ3) is 0.748. The number of ether oxygens (including phenoxy) is 1. The zero-order chi connectivity index (χ0) is 6.48. The number of fused-ring (bicyclic) bond motifs is 1. The molecule has 0 aromatic rings. The summed E-state index contributed by atoms with van der Waals surface area (Å²) < 4.78 is 29.8. The Morgan fingerprint density at radius 3 is 2.78 bits per heavy atom. The smallest absolute Gasteiger partial charge is 0.276 e. The standard InChI is InChI=1S/C6H8F2O/c7-6(8)3-1-2-4-5(6)9-4/h4-5H,1-3H2/t4-,5+/m0/s1. The normalized spacial score (nSPS) is 46.0. The molecule has 1 saturated carbocycles. The fourth-order valence-electron chi connectivity index (χ4n) is 1.42. The third-order valence-corrected chi connectivity index (χ3v) is 2.00. The molecule has 0 N–H and O–H groups in total. The van der Waals surface area contributed by atoms with Crippen LogP contribution in [-0.4, -0.2) is 18.1 Å². The molecular weight excluding hydrogens is 126 g/mol. The third-order valence-electron chi connectivity index (χ3n) is 2.00. The highest BCUT2D eigenvalue weighted by Crippen LogP contribution is 2.46. The summed E-state index contributed by atoms with van der Waals surface area (Å²) in [5, 5.41) is 0. The molecule has 0 radical (unpaired) electrons. The van der Waals surface area contributed by atoms with Crippen molar-refractivity contribution in [2.45, 2.75) is 37.4 Å². The van der Waals surface area contributed by atoms with Crippen LogP contribution in [0.25, 0.3) is 0 Å². The molecule has 0 unspecified atom stereocenters. The number of hydrogen-bond acceptors (Lipinski definition) is 1. The van der Waals surface area contributed by atoms with Crippen molar-refractivity contribution in [1.82, 2.24) is 0 Å². The van der Waals surface area contributed by atoms with Crippen molar-refractivity contribution in [2.75, 3.05) is 0 Å². The molecule has 2 rings (SSSR count). The Balaban J connectivity index is 2.09. The molecular formula is C6H8F2O. The highest BCUT2D eigenvalue weighted by atomic mass is 19.3. The molecule has 0 aromatic heterocycles. The van der Waals surface area contributed by atoms with Crippen LogP contribution in [0.2, 0.25) is 0 Å². The van der Waals surface area contributed by atoms with Gasteiger partial charge >= 0.3 is 0 Å². The molecule has 9 heavy (non-hydrogen) atoms. The van der Waals surface area contributed by atoms with E-state index in [-0.39, 0.29) is 12.5 Å². The van der Waals surface area contributed by atoms with Gasteiger partial charge in [0.25, 0.3) is 5.92 Å². The lowest BCUT2D eigenvalue weighted by atomic mass is 9.97. The zero-order valence-electron chi connectivity index (χ0n) is 4.94. The van der Waals surface area contributed by atoms with Gasteiger partial charge in [0.15, 0.2) is 0 Å². The fourth-order valence-corrected chi connectivity index (χ4v) is 1.42. The Morgan fingerprint density at radius 1 is 1.44 bits per heavy atom. The molecule has 0 amide bonds. The molecule has 1 aliphatic heterocycles. The predicted octanol–water partition coefficient (Wildman–Crippen LogP) is 1.57. The maximum atomic E-state index is 12.5. The summed E-state index contributed by atoms with van der Waals surface area (Å²) in [5.74, 6) is -2.51. The fraction of sp³-hybridized carbons (Fsp3) is 1.00. The summed E-state index contributed by atoms with van der Waals surface area (Å²) in [7, 11) is 0. The second-order valence-corrected chi connectivity index (χ2v) is 2.75. The minimum absolute atomic E-state index is 0.0220. The Morgan fingerprint density at radius 2 is 2.22 bits per heavy atom. The van der Waals surface area contributed by atoms with Crippen LogP contribution in [0.15, 0.2) is 0 Å². The molecule has 1 saturated heterocycles. The molecule has 1 heterocycles. The largest absolute Gasteiger partial charge is 0.363 e. The molecule has 2 fully saturated rings. The van der Waals surface area contributed by atoms with E-state index in [0.717, 1.165) is 6.42 Å². The second kappa shape index (κ2) is 1.45. The Labute approximate surface area is 52.0 Å². The van der Waals surface area contributed by atoms with Crippen molar-refractivity contribution in [2.24, 2.45) is 0 Å². The minimum Gasteiger partial charge on any atom is -0.363 e. The van der Waals surface area contributed by atoms with E-state index in [2.05, 4.69) is 0 Å². The van der Waals surface area contributed by atoms with Gasteiger partial charge < -0.3 is 4.74 Å². The summed E-state index contributed by atoms with van der Waals surface area (Å²) in [4.78, 5) is 0. The van der Waals surface area contributed by atoms with E-state index in [0.29, 0.717) is 6.42 Å². The molecule has 3 heteroatoms. The number of rotatable bonds is 0. The van der Waals surface area contributed by atoms with Gasteiger partial charge in [0, 0.05) is 6.42 Å². The first-order valence-corrected chi connectivity index (χ1v) is 3.23. The molecule has 2 aliphatic rings. The van der Waals surface area contributed by atoms with Gasteiger partial charge in [0.2, 0.25) is 0 Å². The molecule has 2 atom stereocenters. The van der Waals surface area contributed by atoms with Crippen molar-refractivity contribution in [3.63, 3.8) is 0 Å². The molecule has 1 nitrogen and oxygen atoms in total. The summed E-state index contributed by atoms with van der Waals surface area (Å²) in [6.45, 7) is 0. The lowest BCUT2D eigenvalue weighted by Crippen LogP contribution is -2.28. The molecule has 52 valence electrons. The number of hydrogen-bond donors (Lipinski definition) is 0. The maximum absolute atomic E-state index is 12.5. The first-order valence-electron chi connectivity index (χ1n) is 3.23. The van der Waals surface area contributed by atoms with Gasteiger partial charge in [-0.3, -0.25) is 0 Å². The van der Waals surface area contributed by atoms with Crippen LogP contribution in [0.5, 0.6) is 0 Å². The number of epoxide rings is 1. The van der Waals surface area contributed by atoms with Gasteiger partial charge in [0.1, 0.15) is 6.10 Å². The quantitative estimate of drug-likeness (QED) is 0.458. The van der Waals surface area contributed by atoms with Crippen LogP contribution in [-0.2, 0) is 4.74 Å². The van der Waals surface area contributed by atoms with E-state index >= 15 is 0 Å². The van der Waals surface area contributed by atoms with Crippen LogP contribution in [0.3, 0.4) is 0 Å². The summed E-state index contributed by atoms with van der Waals surface area (Å²) in [6, 6.07) is 0. The van der Waals surface area contributed by atoms with E-state index in [1.807, 2.05) is 0 Å². The highest BCUT2D eigenvalue weighted by molar-refractivity contribution is 4.99. The summed E-state index contributed by atoms with van der Waals surface area (Å²) >= 11 is 0. The first-order chi connectivity index (χ1) is 4.20. The number of alkyl halides is 2. The maximum Gasteiger partial charge on any atom is 0.276 e. The summed E-state index contributed by atoms with van der Waals surface area (Å²) in [5.41, 5.74) is 0. The van der Waals surface area contributed by atoms with E-state index in [1.165, 1.54) is 0 Å². The monoisotopic (exact) mass is 134 g/mol. The van der Waals surface area contributed by atoms with Crippen molar-refractivity contribution >= 4 is 0 Å². The highest BCUT2D eigenvalue weighted by Gasteiger charge is 2.58. The van der Waals surface area contributed by atoms with Gasteiger partial charge in [-0.15, -0.1) is 0 Å². The Bertz CT molecular complexity index is 135.